The maximum Gasteiger partial charge on any atom is 0.191 e. The van der Waals surface area contributed by atoms with Crippen LogP contribution in [0.3, 0.4) is 0 Å². The molecule has 7 heteroatoms. The van der Waals surface area contributed by atoms with E-state index in [0.29, 0.717) is 12.6 Å². The molecule has 0 amide bonds. The largest absolute Gasteiger partial charge is 0.383 e. The highest BCUT2D eigenvalue weighted by atomic mass is 32.1. The smallest absolute Gasteiger partial charge is 0.191 e. The number of aliphatic imine (C=N–C) groups is 1. The zero-order valence-corrected chi connectivity index (χ0v) is 14.9. The molecule has 2 heterocycles. The summed E-state index contributed by atoms with van der Waals surface area (Å²) in [4.78, 5) is 8.61. The maximum atomic E-state index is 5.48. The van der Waals surface area contributed by atoms with Crippen molar-refractivity contribution in [3.63, 3.8) is 0 Å². The molecule has 1 atom stereocenters. The molecule has 1 fully saturated rings. The topological polar surface area (TPSA) is 58.1 Å². The Hall–Kier alpha value is -1.15. The Morgan fingerprint density at radius 3 is 2.91 bits per heavy atom. The summed E-state index contributed by atoms with van der Waals surface area (Å²) >= 11 is 1.80. The van der Waals surface area contributed by atoms with Gasteiger partial charge in [0.15, 0.2) is 5.96 Å². The first-order valence-corrected chi connectivity index (χ1v) is 9.09. The fraction of sp³-hybridized carbons (Fsp3) is 0.688. The summed E-state index contributed by atoms with van der Waals surface area (Å²) < 4.78 is 10.6. The van der Waals surface area contributed by atoms with Crippen LogP contribution in [0.1, 0.15) is 17.8 Å². The van der Waals surface area contributed by atoms with Gasteiger partial charge in [0.2, 0.25) is 0 Å². The number of ether oxygens (including phenoxy) is 2. The Bertz CT molecular complexity index is 447. The van der Waals surface area contributed by atoms with E-state index in [0.717, 1.165) is 51.9 Å². The predicted octanol–water partition coefficient (Wildman–Crippen LogP) is 1.32. The summed E-state index contributed by atoms with van der Waals surface area (Å²) in [6, 6.07) is 4.63. The minimum Gasteiger partial charge on any atom is -0.383 e. The van der Waals surface area contributed by atoms with Gasteiger partial charge < -0.3 is 20.1 Å². The minimum absolute atomic E-state index is 0.316. The summed E-state index contributed by atoms with van der Waals surface area (Å²) in [5, 5.41) is 8.72. The highest BCUT2D eigenvalue weighted by Crippen LogP contribution is 2.26. The van der Waals surface area contributed by atoms with Crippen LogP contribution in [0.15, 0.2) is 22.5 Å². The van der Waals surface area contributed by atoms with Crippen molar-refractivity contribution in [3.05, 3.63) is 22.4 Å². The van der Waals surface area contributed by atoms with Crippen molar-refractivity contribution < 1.29 is 9.47 Å². The zero-order chi connectivity index (χ0) is 16.3. The Balaban J connectivity index is 2.01. The lowest BCUT2D eigenvalue weighted by Crippen LogP contribution is -2.42. The second-order valence-corrected chi connectivity index (χ2v) is 6.30. The van der Waals surface area contributed by atoms with E-state index in [4.69, 9.17) is 14.5 Å². The van der Waals surface area contributed by atoms with E-state index < -0.39 is 0 Å². The van der Waals surface area contributed by atoms with Crippen molar-refractivity contribution in [2.45, 2.75) is 13.0 Å². The van der Waals surface area contributed by atoms with E-state index in [2.05, 4.69) is 40.0 Å². The number of thiophene rings is 1. The number of guanidine groups is 1. The van der Waals surface area contributed by atoms with Crippen LogP contribution in [-0.2, 0) is 9.47 Å². The molecule has 0 radical (unpaired) electrons. The van der Waals surface area contributed by atoms with Gasteiger partial charge in [-0.15, -0.1) is 11.3 Å². The summed E-state index contributed by atoms with van der Waals surface area (Å²) in [6.45, 7) is 8.62. The number of morpholine rings is 1. The van der Waals surface area contributed by atoms with Crippen molar-refractivity contribution in [1.29, 1.82) is 0 Å². The third kappa shape index (κ3) is 6.10. The van der Waals surface area contributed by atoms with Gasteiger partial charge in [0.05, 0.1) is 32.4 Å². The van der Waals surface area contributed by atoms with Crippen LogP contribution < -0.4 is 10.6 Å². The summed E-state index contributed by atoms with van der Waals surface area (Å²) in [5.74, 6) is 0.847. The predicted molar refractivity (Wildman–Crippen MR) is 95.3 cm³/mol. The van der Waals surface area contributed by atoms with Crippen molar-refractivity contribution in [3.8, 4) is 0 Å². The Morgan fingerprint density at radius 1 is 1.43 bits per heavy atom. The van der Waals surface area contributed by atoms with Crippen LogP contribution in [0.25, 0.3) is 0 Å². The van der Waals surface area contributed by atoms with Gasteiger partial charge in [0.25, 0.3) is 0 Å². The molecule has 1 aliphatic rings. The van der Waals surface area contributed by atoms with Gasteiger partial charge in [-0.25, -0.2) is 0 Å². The molecular weight excluding hydrogens is 312 g/mol. The van der Waals surface area contributed by atoms with Crippen LogP contribution >= 0.6 is 11.3 Å². The molecule has 1 aromatic heterocycles. The highest BCUT2D eigenvalue weighted by molar-refractivity contribution is 7.10. The monoisotopic (exact) mass is 340 g/mol. The van der Waals surface area contributed by atoms with Gasteiger partial charge in [-0.1, -0.05) is 6.07 Å². The number of nitrogens with one attached hydrogen (secondary N) is 2. The fourth-order valence-corrected chi connectivity index (χ4v) is 3.40. The molecule has 0 bridgehead atoms. The standard InChI is InChI=1S/C16H28N4O2S/c1-3-17-16(18-6-9-21-2)19-13-14(15-5-4-12-23-15)20-7-10-22-11-8-20/h4-5,12,14H,3,6-11,13H2,1-2H3,(H2,17,18,19). The van der Waals surface area contributed by atoms with Gasteiger partial charge in [-0.3, -0.25) is 9.89 Å². The normalized spacial score (nSPS) is 17.9. The van der Waals surface area contributed by atoms with Crippen molar-refractivity contribution in [2.75, 3.05) is 59.7 Å². The van der Waals surface area contributed by atoms with Gasteiger partial charge in [0.1, 0.15) is 0 Å². The molecule has 1 saturated heterocycles. The molecule has 0 spiro atoms. The van der Waals surface area contributed by atoms with Crippen molar-refractivity contribution in [2.24, 2.45) is 4.99 Å². The molecule has 1 unspecified atom stereocenters. The molecule has 130 valence electrons. The van der Waals surface area contributed by atoms with E-state index in [1.165, 1.54) is 4.88 Å². The quantitative estimate of drug-likeness (QED) is 0.425. The molecule has 23 heavy (non-hydrogen) atoms. The second-order valence-electron chi connectivity index (χ2n) is 5.32. The molecule has 6 nitrogen and oxygen atoms in total. The first kappa shape index (κ1) is 18.2. The van der Waals surface area contributed by atoms with Crippen molar-refractivity contribution in [1.82, 2.24) is 15.5 Å². The fourth-order valence-electron chi connectivity index (χ4n) is 2.55. The summed E-state index contributed by atoms with van der Waals surface area (Å²) in [6.07, 6.45) is 0. The maximum absolute atomic E-state index is 5.48. The molecule has 0 aliphatic carbocycles. The number of hydrogen-bond donors (Lipinski definition) is 2. The number of methoxy groups -OCH3 is 1. The summed E-state index contributed by atoms with van der Waals surface area (Å²) in [5.41, 5.74) is 0. The van der Waals surface area contributed by atoms with Gasteiger partial charge in [-0.2, -0.15) is 0 Å². The third-order valence-corrected chi connectivity index (χ3v) is 4.70. The SMILES string of the molecule is CCNC(=NCC(c1cccs1)N1CCOCC1)NCCOC. The number of nitrogens with zero attached hydrogens (tertiary/aromatic N) is 2. The minimum atomic E-state index is 0.316. The van der Waals surface area contributed by atoms with E-state index in [1.54, 1.807) is 18.4 Å². The highest BCUT2D eigenvalue weighted by Gasteiger charge is 2.23. The second kappa shape index (κ2) is 10.6. The van der Waals surface area contributed by atoms with E-state index in [1.807, 2.05) is 0 Å². The third-order valence-electron chi connectivity index (χ3n) is 3.72. The molecule has 0 saturated carbocycles. The number of hydrogen-bond acceptors (Lipinski definition) is 5. The molecule has 2 N–H and O–H groups in total. The molecule has 1 aromatic rings. The van der Waals surface area contributed by atoms with Crippen LogP contribution in [0.2, 0.25) is 0 Å². The van der Waals surface area contributed by atoms with Crippen LogP contribution in [0.5, 0.6) is 0 Å². The van der Waals surface area contributed by atoms with Crippen LogP contribution in [0, 0.1) is 0 Å². The van der Waals surface area contributed by atoms with E-state index in [-0.39, 0.29) is 0 Å². The van der Waals surface area contributed by atoms with Crippen LogP contribution in [0.4, 0.5) is 0 Å². The Kier molecular flexibility index (Phi) is 8.38. The lowest BCUT2D eigenvalue weighted by molar-refractivity contribution is 0.0186. The Labute approximate surface area is 142 Å². The first-order valence-electron chi connectivity index (χ1n) is 8.21. The average Bonchev–Trinajstić information content (AvgIpc) is 3.10. The molecule has 1 aliphatic heterocycles. The lowest BCUT2D eigenvalue weighted by atomic mass is 10.2. The average molecular weight is 340 g/mol. The van der Waals surface area contributed by atoms with E-state index >= 15 is 0 Å². The van der Waals surface area contributed by atoms with Gasteiger partial charge in [-0.05, 0) is 18.4 Å². The van der Waals surface area contributed by atoms with E-state index in [9.17, 15) is 0 Å². The van der Waals surface area contributed by atoms with Crippen LogP contribution in [-0.4, -0.2) is 70.5 Å². The zero-order valence-electron chi connectivity index (χ0n) is 14.1. The van der Waals surface area contributed by atoms with Gasteiger partial charge in [0, 0.05) is 38.2 Å². The molecule has 2 rings (SSSR count). The van der Waals surface area contributed by atoms with Crippen molar-refractivity contribution >= 4 is 17.3 Å². The van der Waals surface area contributed by atoms with Gasteiger partial charge >= 0.3 is 0 Å². The molecule has 0 aromatic carbocycles. The Morgan fingerprint density at radius 2 is 2.26 bits per heavy atom. The summed E-state index contributed by atoms with van der Waals surface area (Å²) in [7, 11) is 1.71. The molecular formula is C16H28N4O2S. The lowest BCUT2D eigenvalue weighted by Gasteiger charge is -2.33. The first-order chi connectivity index (χ1) is 11.3. The number of rotatable bonds is 8.